The SMILES string of the molecule is Cc1nnc(NC(=O)CCC(=O)OCC(=O)Nc2ccc(Br)c(C)c2C)s1. The standard InChI is InChI=1S/C17H19BrN4O4S/c1-9-10(2)13(5-4-12(9)18)19-15(24)8-26-16(25)7-6-14(23)20-17-22-21-11(3)27-17/h4-5H,6-8H2,1-3H3,(H,19,24)(H,20,22,23). The van der Waals surface area contributed by atoms with Crippen molar-refractivity contribution in [2.75, 3.05) is 17.2 Å². The number of aromatic nitrogens is 2. The molecule has 0 unspecified atom stereocenters. The third-order valence-corrected chi connectivity index (χ3v) is 5.30. The molecule has 0 spiro atoms. The zero-order valence-electron chi connectivity index (χ0n) is 15.1. The minimum absolute atomic E-state index is 0.0654. The third-order valence-electron chi connectivity index (χ3n) is 3.69. The van der Waals surface area contributed by atoms with Crippen molar-refractivity contribution < 1.29 is 19.1 Å². The molecule has 2 rings (SSSR count). The van der Waals surface area contributed by atoms with E-state index < -0.39 is 18.5 Å². The molecule has 0 radical (unpaired) electrons. The fourth-order valence-electron chi connectivity index (χ4n) is 2.07. The van der Waals surface area contributed by atoms with Gasteiger partial charge in [0.1, 0.15) is 5.01 Å². The van der Waals surface area contributed by atoms with Gasteiger partial charge in [-0.1, -0.05) is 27.3 Å². The fourth-order valence-corrected chi connectivity index (χ4v) is 3.11. The smallest absolute Gasteiger partial charge is 0.306 e. The van der Waals surface area contributed by atoms with E-state index in [1.54, 1.807) is 13.0 Å². The van der Waals surface area contributed by atoms with Gasteiger partial charge in [0.05, 0.1) is 6.42 Å². The number of nitrogens with one attached hydrogen (secondary N) is 2. The molecule has 0 aliphatic heterocycles. The number of hydrogen-bond donors (Lipinski definition) is 2. The molecule has 2 N–H and O–H groups in total. The Labute approximate surface area is 168 Å². The fraction of sp³-hybridized carbons (Fsp3) is 0.353. The number of benzene rings is 1. The van der Waals surface area contributed by atoms with E-state index in [2.05, 4.69) is 36.8 Å². The summed E-state index contributed by atoms with van der Waals surface area (Å²) in [6.45, 7) is 5.18. The lowest BCUT2D eigenvalue weighted by atomic mass is 10.1. The number of esters is 1. The summed E-state index contributed by atoms with van der Waals surface area (Å²) in [6.07, 6.45) is -0.197. The van der Waals surface area contributed by atoms with Crippen LogP contribution in [-0.2, 0) is 19.1 Å². The Hall–Kier alpha value is -2.33. The lowest BCUT2D eigenvalue weighted by Crippen LogP contribution is -2.22. The molecule has 0 atom stereocenters. The second kappa shape index (κ2) is 9.56. The molecule has 0 saturated carbocycles. The van der Waals surface area contributed by atoms with Gasteiger partial charge in [0.15, 0.2) is 6.61 Å². The van der Waals surface area contributed by atoms with Crippen LogP contribution in [0.1, 0.15) is 29.0 Å². The second-order valence-electron chi connectivity index (χ2n) is 5.73. The minimum atomic E-state index is -0.627. The topological polar surface area (TPSA) is 110 Å². The first-order chi connectivity index (χ1) is 12.8. The van der Waals surface area contributed by atoms with E-state index in [1.165, 1.54) is 11.3 Å². The molecule has 0 aliphatic rings. The summed E-state index contributed by atoms with van der Waals surface area (Å²) in [7, 11) is 0. The molecule has 2 amide bonds. The average Bonchev–Trinajstić information content (AvgIpc) is 3.03. The van der Waals surface area contributed by atoms with Crippen molar-refractivity contribution in [2.24, 2.45) is 0 Å². The van der Waals surface area contributed by atoms with Gasteiger partial charge in [-0.15, -0.1) is 10.2 Å². The molecule has 0 aliphatic carbocycles. The first-order valence-electron chi connectivity index (χ1n) is 8.07. The molecule has 8 nitrogen and oxygen atoms in total. The summed E-state index contributed by atoms with van der Waals surface area (Å²) in [5.41, 5.74) is 2.59. The number of hydrogen-bond acceptors (Lipinski definition) is 7. The largest absolute Gasteiger partial charge is 0.456 e. The molecule has 1 aromatic carbocycles. The molecular formula is C17H19BrN4O4S. The number of rotatable bonds is 7. The number of nitrogens with zero attached hydrogens (tertiary/aromatic N) is 2. The minimum Gasteiger partial charge on any atom is -0.456 e. The van der Waals surface area contributed by atoms with E-state index in [0.29, 0.717) is 10.8 Å². The number of ether oxygens (including phenoxy) is 1. The second-order valence-corrected chi connectivity index (χ2v) is 7.76. The normalized spacial score (nSPS) is 10.4. The highest BCUT2D eigenvalue weighted by molar-refractivity contribution is 9.10. The maximum Gasteiger partial charge on any atom is 0.306 e. The zero-order valence-corrected chi connectivity index (χ0v) is 17.5. The first kappa shape index (κ1) is 21.0. The van der Waals surface area contributed by atoms with E-state index in [1.807, 2.05) is 19.9 Å². The number of carbonyl (C=O) groups excluding carboxylic acids is 3. The Morgan fingerprint density at radius 1 is 1.04 bits per heavy atom. The summed E-state index contributed by atoms with van der Waals surface area (Å²) < 4.78 is 5.86. The maximum absolute atomic E-state index is 12.0. The van der Waals surface area contributed by atoms with E-state index in [0.717, 1.165) is 20.6 Å². The number of aryl methyl sites for hydroxylation is 1. The van der Waals surface area contributed by atoms with Gasteiger partial charge < -0.3 is 15.4 Å². The van der Waals surface area contributed by atoms with Gasteiger partial charge in [0.2, 0.25) is 11.0 Å². The Balaban J connectivity index is 1.72. The van der Waals surface area contributed by atoms with Crippen molar-refractivity contribution in [1.29, 1.82) is 0 Å². The van der Waals surface area contributed by atoms with Crippen molar-refractivity contribution in [3.8, 4) is 0 Å². The Bertz CT molecular complexity index is 869. The van der Waals surface area contributed by atoms with E-state index in [-0.39, 0.29) is 18.7 Å². The van der Waals surface area contributed by atoms with Crippen molar-refractivity contribution in [3.05, 3.63) is 32.7 Å². The molecule has 27 heavy (non-hydrogen) atoms. The van der Waals surface area contributed by atoms with Gasteiger partial charge in [-0.3, -0.25) is 14.4 Å². The predicted molar refractivity (Wildman–Crippen MR) is 106 cm³/mol. The summed E-state index contributed by atoms with van der Waals surface area (Å²) in [5.74, 6) is -1.44. The van der Waals surface area contributed by atoms with Crippen LogP contribution >= 0.6 is 27.3 Å². The van der Waals surface area contributed by atoms with Crippen LogP contribution in [0.2, 0.25) is 0 Å². The van der Waals surface area contributed by atoms with Gasteiger partial charge in [0.25, 0.3) is 5.91 Å². The molecule has 10 heteroatoms. The van der Waals surface area contributed by atoms with Gasteiger partial charge >= 0.3 is 5.97 Å². The summed E-state index contributed by atoms with van der Waals surface area (Å²) in [5, 5.41) is 13.9. The molecular weight excluding hydrogens is 436 g/mol. The molecule has 0 bridgehead atoms. The molecule has 1 aromatic heterocycles. The molecule has 144 valence electrons. The number of anilines is 2. The van der Waals surface area contributed by atoms with Crippen LogP contribution in [0, 0.1) is 20.8 Å². The van der Waals surface area contributed by atoms with Crippen LogP contribution in [0.25, 0.3) is 0 Å². The lowest BCUT2D eigenvalue weighted by Gasteiger charge is -2.12. The maximum atomic E-state index is 12.0. The molecule has 0 fully saturated rings. The highest BCUT2D eigenvalue weighted by Gasteiger charge is 2.13. The summed E-state index contributed by atoms with van der Waals surface area (Å²) in [6, 6.07) is 3.60. The highest BCUT2D eigenvalue weighted by atomic mass is 79.9. The van der Waals surface area contributed by atoms with Crippen molar-refractivity contribution in [1.82, 2.24) is 10.2 Å². The Kier molecular flexibility index (Phi) is 7.43. The van der Waals surface area contributed by atoms with Crippen LogP contribution < -0.4 is 10.6 Å². The zero-order chi connectivity index (χ0) is 20.0. The third kappa shape index (κ3) is 6.40. The van der Waals surface area contributed by atoms with E-state index in [4.69, 9.17) is 4.74 Å². The van der Waals surface area contributed by atoms with Crippen LogP contribution in [0.15, 0.2) is 16.6 Å². The van der Waals surface area contributed by atoms with Gasteiger partial charge in [-0.25, -0.2) is 0 Å². The Morgan fingerprint density at radius 2 is 1.78 bits per heavy atom. The van der Waals surface area contributed by atoms with Crippen LogP contribution in [0.4, 0.5) is 10.8 Å². The lowest BCUT2D eigenvalue weighted by molar-refractivity contribution is -0.147. The quantitative estimate of drug-likeness (QED) is 0.621. The van der Waals surface area contributed by atoms with Crippen molar-refractivity contribution in [2.45, 2.75) is 33.6 Å². The van der Waals surface area contributed by atoms with Crippen LogP contribution in [0.5, 0.6) is 0 Å². The predicted octanol–water partition coefficient (Wildman–Crippen LogP) is 3.13. The summed E-state index contributed by atoms with van der Waals surface area (Å²) >= 11 is 4.67. The number of amides is 2. The highest BCUT2D eigenvalue weighted by Crippen LogP contribution is 2.25. The van der Waals surface area contributed by atoms with Crippen molar-refractivity contribution in [3.63, 3.8) is 0 Å². The van der Waals surface area contributed by atoms with Gasteiger partial charge in [-0.05, 0) is 44.0 Å². The van der Waals surface area contributed by atoms with Crippen molar-refractivity contribution >= 4 is 55.9 Å². The monoisotopic (exact) mass is 454 g/mol. The van der Waals surface area contributed by atoms with Gasteiger partial charge in [0, 0.05) is 16.6 Å². The molecule has 2 aromatic rings. The average molecular weight is 455 g/mol. The number of carbonyl (C=O) groups is 3. The molecule has 1 heterocycles. The van der Waals surface area contributed by atoms with Crippen LogP contribution in [-0.4, -0.2) is 34.6 Å². The number of halogens is 1. The van der Waals surface area contributed by atoms with E-state index in [9.17, 15) is 14.4 Å². The van der Waals surface area contributed by atoms with Crippen LogP contribution in [0.3, 0.4) is 0 Å². The summed E-state index contributed by atoms with van der Waals surface area (Å²) in [4.78, 5) is 35.4. The Morgan fingerprint density at radius 3 is 2.44 bits per heavy atom. The van der Waals surface area contributed by atoms with Gasteiger partial charge in [-0.2, -0.15) is 0 Å². The molecule has 0 saturated heterocycles. The first-order valence-corrected chi connectivity index (χ1v) is 9.68. The van der Waals surface area contributed by atoms with E-state index >= 15 is 0 Å².